The number of amides is 1. The number of aromatic nitrogens is 2. The predicted octanol–water partition coefficient (Wildman–Crippen LogP) is 5.70. The number of hydrogen-bond donors (Lipinski definition) is 0. The molecule has 7 heteroatoms. The number of hydrogen-bond acceptors (Lipinski definition) is 5. The Morgan fingerprint density at radius 1 is 1.15 bits per heavy atom. The number of ether oxygens (including phenoxy) is 1. The maximum atomic E-state index is 13.3. The Morgan fingerprint density at radius 2 is 1.85 bits per heavy atom. The van der Waals surface area contributed by atoms with Gasteiger partial charge in [0, 0.05) is 24.1 Å². The monoisotopic (exact) mass is 449 g/mol. The fourth-order valence-corrected chi connectivity index (χ4v) is 4.30. The first-order chi connectivity index (χ1) is 15.7. The summed E-state index contributed by atoms with van der Waals surface area (Å²) in [5.41, 5.74) is 0.980. The first kappa shape index (κ1) is 21.6. The lowest BCUT2D eigenvalue weighted by atomic mass is 10.1. The van der Waals surface area contributed by atoms with E-state index in [4.69, 9.17) is 9.26 Å². The van der Waals surface area contributed by atoms with Crippen LogP contribution >= 0.6 is 0 Å². The summed E-state index contributed by atoms with van der Waals surface area (Å²) in [6.45, 7) is 6.13. The third kappa shape index (κ3) is 4.63. The van der Waals surface area contributed by atoms with E-state index in [0.717, 1.165) is 19.3 Å². The minimum atomic E-state index is -0.578. The van der Waals surface area contributed by atoms with Gasteiger partial charge in [0.25, 0.3) is 5.89 Å². The lowest BCUT2D eigenvalue weighted by Gasteiger charge is -2.30. The van der Waals surface area contributed by atoms with Crippen LogP contribution in [0.2, 0.25) is 0 Å². The van der Waals surface area contributed by atoms with Crippen LogP contribution in [0.4, 0.5) is 9.18 Å². The van der Waals surface area contributed by atoms with Gasteiger partial charge in [0.15, 0.2) is 5.82 Å². The largest absolute Gasteiger partial charge is 0.444 e. The van der Waals surface area contributed by atoms with Crippen molar-refractivity contribution in [1.29, 1.82) is 0 Å². The van der Waals surface area contributed by atoms with Gasteiger partial charge in [-0.05, 0) is 69.9 Å². The van der Waals surface area contributed by atoms with Crippen LogP contribution < -0.4 is 0 Å². The Bertz CT molecular complexity index is 1130. The van der Waals surface area contributed by atoms with Crippen LogP contribution in [0.1, 0.15) is 57.3 Å². The average molecular weight is 450 g/mol. The third-order valence-electron chi connectivity index (χ3n) is 6.33. The van der Waals surface area contributed by atoms with Crippen LogP contribution in [-0.2, 0) is 10.2 Å². The van der Waals surface area contributed by atoms with Crippen LogP contribution in [0.5, 0.6) is 0 Å². The number of halogens is 1. The van der Waals surface area contributed by atoms with Gasteiger partial charge in [-0.25, -0.2) is 9.18 Å². The molecule has 6 nitrogen and oxygen atoms in total. The first-order valence-electron chi connectivity index (χ1n) is 11.4. The fraction of sp³-hybridized carbons (Fsp3) is 0.423. The quantitative estimate of drug-likeness (QED) is 0.483. The zero-order valence-corrected chi connectivity index (χ0v) is 19.1. The maximum Gasteiger partial charge on any atom is 0.410 e. The molecule has 5 rings (SSSR count). The van der Waals surface area contributed by atoms with E-state index in [-0.39, 0.29) is 23.4 Å². The summed E-state index contributed by atoms with van der Waals surface area (Å²) in [6.07, 6.45) is 2.35. The summed E-state index contributed by atoms with van der Waals surface area (Å²) in [4.78, 5) is 19.7. The molecule has 1 amide bonds. The summed E-state index contributed by atoms with van der Waals surface area (Å²) in [7, 11) is 0. The van der Waals surface area contributed by atoms with Gasteiger partial charge in [0.1, 0.15) is 11.4 Å². The van der Waals surface area contributed by atoms with Gasteiger partial charge >= 0.3 is 6.09 Å². The molecule has 2 aliphatic carbocycles. The average Bonchev–Trinajstić information content (AvgIpc) is 3.69. The van der Waals surface area contributed by atoms with Crippen molar-refractivity contribution in [3.05, 3.63) is 71.8 Å². The number of carbonyl (C=O) groups excluding carboxylic acids is 1. The molecule has 2 aromatic carbocycles. The van der Waals surface area contributed by atoms with E-state index in [1.807, 2.05) is 43.9 Å². The summed E-state index contributed by atoms with van der Waals surface area (Å²) in [6, 6.07) is 16.3. The van der Waals surface area contributed by atoms with E-state index in [0.29, 0.717) is 29.7 Å². The van der Waals surface area contributed by atoms with Crippen LogP contribution in [0, 0.1) is 5.82 Å². The molecular weight excluding hydrogens is 421 g/mol. The van der Waals surface area contributed by atoms with E-state index >= 15 is 0 Å². The number of carbonyl (C=O) groups is 1. The van der Waals surface area contributed by atoms with Crippen LogP contribution in [0.3, 0.4) is 0 Å². The van der Waals surface area contributed by atoms with Gasteiger partial charge < -0.3 is 14.2 Å². The Hall–Kier alpha value is -3.22. The molecule has 0 N–H and O–H groups in total. The van der Waals surface area contributed by atoms with Crippen molar-refractivity contribution in [3.63, 3.8) is 0 Å². The van der Waals surface area contributed by atoms with Gasteiger partial charge in [0.05, 0.1) is 5.41 Å². The van der Waals surface area contributed by atoms with Crippen LogP contribution in [-0.4, -0.2) is 39.3 Å². The minimum absolute atomic E-state index is 0.0863. The van der Waals surface area contributed by atoms with E-state index < -0.39 is 5.60 Å². The second-order valence-electron chi connectivity index (χ2n) is 10.1. The standard InChI is InChI=1S/C26H28FN3O3/c1-25(2,3)32-24(31)30(21-15-20(21)17-7-5-4-6-8-17)16-26(13-14-26)23-28-22(33-29-23)18-9-11-19(27)12-10-18/h4-12,20-21H,13-16H2,1-3H3/t20-,21?/m1/s1. The molecule has 0 aliphatic heterocycles. The van der Waals surface area contributed by atoms with E-state index in [2.05, 4.69) is 22.3 Å². The van der Waals surface area contributed by atoms with Gasteiger partial charge in [-0.15, -0.1) is 0 Å². The highest BCUT2D eigenvalue weighted by Crippen LogP contribution is 2.52. The zero-order chi connectivity index (χ0) is 23.2. The number of nitrogens with zero attached hydrogens (tertiary/aromatic N) is 3. The molecule has 2 atom stereocenters. The van der Waals surface area contributed by atoms with Crippen LogP contribution in [0.15, 0.2) is 59.1 Å². The molecule has 1 unspecified atom stereocenters. The molecule has 0 saturated heterocycles. The molecule has 0 radical (unpaired) electrons. The van der Waals surface area contributed by atoms with Crippen molar-refractivity contribution in [2.75, 3.05) is 6.54 Å². The minimum Gasteiger partial charge on any atom is -0.444 e. The molecule has 172 valence electrons. The molecule has 0 bridgehead atoms. The Morgan fingerprint density at radius 3 is 2.48 bits per heavy atom. The molecule has 33 heavy (non-hydrogen) atoms. The summed E-state index contributed by atoms with van der Waals surface area (Å²) < 4.78 is 24.5. The SMILES string of the molecule is CC(C)(C)OC(=O)N(CC1(c2noc(-c3ccc(F)cc3)n2)CC1)C1C[C@@H]1c1ccccc1. The van der Waals surface area contributed by atoms with Crippen molar-refractivity contribution in [2.24, 2.45) is 0 Å². The molecule has 0 spiro atoms. The lowest BCUT2D eigenvalue weighted by molar-refractivity contribution is 0.0208. The highest BCUT2D eigenvalue weighted by molar-refractivity contribution is 5.70. The van der Waals surface area contributed by atoms with Crippen LogP contribution in [0.25, 0.3) is 11.5 Å². The van der Waals surface area contributed by atoms with Crippen molar-refractivity contribution in [2.45, 2.75) is 63.0 Å². The van der Waals surface area contributed by atoms with Crippen molar-refractivity contribution in [1.82, 2.24) is 15.0 Å². The molecule has 2 fully saturated rings. The van der Waals surface area contributed by atoms with Gasteiger partial charge in [-0.2, -0.15) is 4.98 Å². The molecular formula is C26H28FN3O3. The first-order valence-corrected chi connectivity index (χ1v) is 11.4. The Kier molecular flexibility index (Phi) is 5.22. The summed E-state index contributed by atoms with van der Waals surface area (Å²) in [5.74, 6) is 0.929. The predicted molar refractivity (Wildman–Crippen MR) is 121 cm³/mol. The van der Waals surface area contributed by atoms with Crippen molar-refractivity contribution in [3.8, 4) is 11.5 Å². The molecule has 3 aromatic rings. The number of rotatable bonds is 6. The van der Waals surface area contributed by atoms with Gasteiger partial charge in [-0.1, -0.05) is 35.5 Å². The number of benzene rings is 2. The maximum absolute atomic E-state index is 13.3. The Balaban J connectivity index is 1.37. The van der Waals surface area contributed by atoms with Gasteiger partial charge in [-0.3, -0.25) is 0 Å². The smallest absolute Gasteiger partial charge is 0.410 e. The molecule has 1 aromatic heterocycles. The highest BCUT2D eigenvalue weighted by atomic mass is 19.1. The van der Waals surface area contributed by atoms with Crippen molar-refractivity contribution >= 4 is 6.09 Å². The highest BCUT2D eigenvalue weighted by Gasteiger charge is 2.55. The van der Waals surface area contributed by atoms with Gasteiger partial charge in [0.2, 0.25) is 0 Å². The lowest BCUT2D eigenvalue weighted by Crippen LogP contribution is -2.43. The fourth-order valence-electron chi connectivity index (χ4n) is 4.30. The van der Waals surface area contributed by atoms with E-state index in [1.54, 1.807) is 12.1 Å². The second-order valence-corrected chi connectivity index (χ2v) is 10.1. The molecule has 2 aliphatic rings. The molecule has 2 saturated carbocycles. The van der Waals surface area contributed by atoms with E-state index in [9.17, 15) is 9.18 Å². The van der Waals surface area contributed by atoms with Crippen molar-refractivity contribution < 1.29 is 18.4 Å². The topological polar surface area (TPSA) is 68.5 Å². The van der Waals surface area contributed by atoms with E-state index in [1.165, 1.54) is 17.7 Å². The summed E-state index contributed by atoms with van der Waals surface area (Å²) >= 11 is 0. The zero-order valence-electron chi connectivity index (χ0n) is 19.1. The Labute approximate surface area is 192 Å². The normalized spacial score (nSPS) is 20.8. The summed E-state index contributed by atoms with van der Waals surface area (Å²) in [5, 5.41) is 4.23. The molecule has 1 heterocycles. The third-order valence-corrected chi connectivity index (χ3v) is 6.33. The second kappa shape index (κ2) is 7.97.